The van der Waals surface area contributed by atoms with Crippen LogP contribution in [0.4, 0.5) is 34.1 Å². The predicted molar refractivity (Wildman–Crippen MR) is 211 cm³/mol. The van der Waals surface area contributed by atoms with Crippen molar-refractivity contribution in [3.63, 3.8) is 0 Å². The van der Waals surface area contributed by atoms with Gasteiger partial charge >= 0.3 is 0 Å². The number of hydrogen-bond acceptors (Lipinski definition) is 20. The number of benzene rings is 6. The standard InChI is InChI=1S/C34H28N6O14S4/c1-15-7-17(3-5-25(15)37-39-31-27(56-54-52-44)11-20-10-22(57(45,46)47)14-24(36)30(20)33(31)41)18-4-6-26(16(2)8-18)38-40-32-28(58(48,49)50)12-19-9-21(55-53-51-43)13-23(35)29(19)34(32)42/h3-14,41-44H,35-36H2,1-2H3,(H,45,46,47)(H,48,49,50). The van der Waals surface area contributed by atoms with Gasteiger partial charge in [0.2, 0.25) is 0 Å². The number of nitrogens with zero attached hydrogens (tertiary/aromatic N) is 4. The summed E-state index contributed by atoms with van der Waals surface area (Å²) in [6, 6.07) is 17.4. The molecule has 0 radical (unpaired) electrons. The quantitative estimate of drug-likeness (QED) is 0.0134. The van der Waals surface area contributed by atoms with Crippen LogP contribution in [0.2, 0.25) is 0 Å². The zero-order valence-corrected chi connectivity index (χ0v) is 32.7. The first-order valence-electron chi connectivity index (χ1n) is 15.9. The maximum atomic E-state index is 12.4. The van der Waals surface area contributed by atoms with Crippen LogP contribution in [0.15, 0.2) is 113 Å². The van der Waals surface area contributed by atoms with Crippen LogP contribution in [-0.4, -0.2) is 46.7 Å². The Morgan fingerprint density at radius 3 is 1.66 bits per heavy atom. The van der Waals surface area contributed by atoms with Crippen molar-refractivity contribution in [1.29, 1.82) is 0 Å². The average Bonchev–Trinajstić information content (AvgIpc) is 3.15. The van der Waals surface area contributed by atoms with Crippen molar-refractivity contribution in [1.82, 2.24) is 0 Å². The predicted octanol–water partition coefficient (Wildman–Crippen LogP) is 9.03. The maximum Gasteiger partial charge on any atom is 0.296 e. The summed E-state index contributed by atoms with van der Waals surface area (Å²) < 4.78 is 76.6. The van der Waals surface area contributed by atoms with E-state index in [4.69, 9.17) is 22.0 Å². The van der Waals surface area contributed by atoms with Gasteiger partial charge in [-0.2, -0.15) is 27.1 Å². The van der Waals surface area contributed by atoms with E-state index in [2.05, 4.69) is 39.2 Å². The fraction of sp³-hybridized carbons (Fsp3) is 0.0588. The highest BCUT2D eigenvalue weighted by Crippen LogP contribution is 2.48. The number of phenols is 2. The first-order chi connectivity index (χ1) is 27.4. The van der Waals surface area contributed by atoms with E-state index in [0.29, 0.717) is 46.6 Å². The molecular weight excluding hydrogens is 845 g/mol. The third kappa shape index (κ3) is 8.82. The summed E-state index contributed by atoms with van der Waals surface area (Å²) in [6.07, 6.45) is 0. The molecule has 0 aliphatic heterocycles. The molecule has 6 rings (SSSR count). The van der Waals surface area contributed by atoms with Crippen molar-refractivity contribution >= 4 is 100.0 Å². The van der Waals surface area contributed by atoms with Gasteiger partial charge in [-0.15, -0.1) is 18.9 Å². The Morgan fingerprint density at radius 2 is 1.12 bits per heavy atom. The molecule has 0 saturated heterocycles. The molecule has 0 fully saturated rings. The zero-order chi connectivity index (χ0) is 42.1. The molecule has 0 atom stereocenters. The second kappa shape index (κ2) is 16.8. The highest BCUT2D eigenvalue weighted by Gasteiger charge is 2.24. The molecule has 0 saturated carbocycles. The number of anilines is 2. The van der Waals surface area contributed by atoms with E-state index >= 15 is 0 Å². The normalized spacial score (nSPS) is 12.4. The fourth-order valence-corrected chi connectivity index (χ4v) is 8.01. The van der Waals surface area contributed by atoms with Gasteiger partial charge in [0.15, 0.2) is 11.5 Å². The number of aryl methyl sites for hydroxylation is 2. The Labute approximate surface area is 336 Å². The average molecular weight is 873 g/mol. The number of hydrogen-bond donors (Lipinski definition) is 8. The van der Waals surface area contributed by atoms with Crippen LogP contribution in [0.25, 0.3) is 32.7 Å². The smallest absolute Gasteiger partial charge is 0.296 e. The molecule has 0 aliphatic rings. The third-order valence-corrected chi connectivity index (χ3v) is 11.3. The summed E-state index contributed by atoms with van der Waals surface area (Å²) in [6.45, 7) is 3.48. The fourth-order valence-electron chi connectivity index (χ4n) is 5.84. The molecule has 10 N–H and O–H groups in total. The van der Waals surface area contributed by atoms with Crippen LogP contribution in [0.1, 0.15) is 11.1 Å². The number of nitrogens with two attached hydrogens (primary N) is 2. The van der Waals surface area contributed by atoms with E-state index in [1.165, 1.54) is 18.2 Å². The topological polar surface area (TPSA) is 328 Å². The molecule has 302 valence electrons. The SMILES string of the molecule is Cc1cc(-c2ccc(N=Nc3c(S(=O)(=O)O)cc4cc(SOOO)cc(N)c4c3O)c(C)c2)ccc1N=Nc1c(SOOO)cc2cc(S(=O)(=O)O)cc(N)c2c1O. The third-order valence-electron chi connectivity index (χ3n) is 8.44. The molecule has 0 amide bonds. The summed E-state index contributed by atoms with van der Waals surface area (Å²) in [4.78, 5) is -0.975. The van der Waals surface area contributed by atoms with Gasteiger partial charge in [0.05, 0.1) is 45.3 Å². The number of nitrogen functional groups attached to an aromatic ring is 2. The largest absolute Gasteiger partial charge is 0.505 e. The lowest BCUT2D eigenvalue weighted by molar-refractivity contribution is -0.432. The Balaban J connectivity index is 1.30. The molecule has 0 spiro atoms. The lowest BCUT2D eigenvalue weighted by atomic mass is 10.0. The molecule has 0 bridgehead atoms. The first kappa shape index (κ1) is 42.1. The summed E-state index contributed by atoms with van der Waals surface area (Å²) in [5, 5.41) is 63.5. The van der Waals surface area contributed by atoms with E-state index in [1.54, 1.807) is 50.2 Å². The van der Waals surface area contributed by atoms with Crippen molar-refractivity contribution in [2.75, 3.05) is 11.5 Å². The van der Waals surface area contributed by atoms with Gasteiger partial charge < -0.3 is 21.7 Å². The lowest BCUT2D eigenvalue weighted by Crippen LogP contribution is -2.00. The Hall–Kier alpha value is -5.48. The summed E-state index contributed by atoms with van der Waals surface area (Å²) in [5.41, 5.74) is 14.6. The molecule has 24 heteroatoms. The van der Waals surface area contributed by atoms with E-state index < -0.39 is 47.2 Å². The summed E-state index contributed by atoms with van der Waals surface area (Å²) in [5.74, 6) is -1.17. The maximum absolute atomic E-state index is 12.4. The molecule has 6 aromatic rings. The van der Waals surface area contributed by atoms with E-state index in [-0.39, 0.29) is 48.4 Å². The highest BCUT2D eigenvalue weighted by molar-refractivity contribution is 7.95. The molecule has 0 aliphatic carbocycles. The van der Waals surface area contributed by atoms with Crippen LogP contribution < -0.4 is 11.5 Å². The molecule has 0 aromatic heterocycles. The van der Waals surface area contributed by atoms with Crippen LogP contribution in [0.3, 0.4) is 0 Å². The van der Waals surface area contributed by atoms with Crippen LogP contribution in [-0.2, 0) is 39.0 Å². The van der Waals surface area contributed by atoms with E-state index in [1.807, 2.05) is 0 Å². The summed E-state index contributed by atoms with van der Waals surface area (Å²) in [7, 11) is -9.58. The van der Waals surface area contributed by atoms with Gasteiger partial charge in [-0.25, -0.2) is 10.5 Å². The number of rotatable bonds is 13. The van der Waals surface area contributed by atoms with E-state index in [9.17, 15) is 36.2 Å². The van der Waals surface area contributed by atoms with Gasteiger partial charge in [0.1, 0.15) is 16.3 Å². The number of phenolic OH excluding ortho intramolecular Hbond substituents is 2. The van der Waals surface area contributed by atoms with Gasteiger partial charge in [0.25, 0.3) is 20.2 Å². The minimum atomic E-state index is -4.94. The van der Waals surface area contributed by atoms with Crippen LogP contribution >= 0.6 is 24.1 Å². The van der Waals surface area contributed by atoms with Crippen molar-refractivity contribution in [3.05, 3.63) is 83.9 Å². The van der Waals surface area contributed by atoms with Crippen LogP contribution in [0.5, 0.6) is 11.5 Å². The molecule has 58 heavy (non-hydrogen) atoms. The van der Waals surface area contributed by atoms with Crippen molar-refractivity contribution in [2.24, 2.45) is 20.5 Å². The van der Waals surface area contributed by atoms with Crippen LogP contribution in [0, 0.1) is 13.8 Å². The lowest BCUT2D eigenvalue weighted by Gasteiger charge is -2.12. The second-order valence-electron chi connectivity index (χ2n) is 12.2. The second-order valence-corrected chi connectivity index (χ2v) is 16.5. The Morgan fingerprint density at radius 1 is 0.603 bits per heavy atom. The van der Waals surface area contributed by atoms with E-state index in [0.717, 1.165) is 29.3 Å². The minimum absolute atomic E-state index is 0.00875. The Kier molecular flexibility index (Phi) is 12.2. The van der Waals surface area contributed by atoms with Crippen molar-refractivity contribution in [3.8, 4) is 22.6 Å². The minimum Gasteiger partial charge on any atom is -0.505 e. The molecule has 6 aromatic carbocycles. The number of fused-ring (bicyclic) bond motifs is 2. The van der Waals surface area contributed by atoms with Gasteiger partial charge in [-0.1, -0.05) is 22.2 Å². The number of azo groups is 2. The molecule has 0 heterocycles. The van der Waals surface area contributed by atoms with Crippen molar-refractivity contribution in [2.45, 2.75) is 33.4 Å². The molecule has 20 nitrogen and oxygen atoms in total. The highest BCUT2D eigenvalue weighted by atomic mass is 32.2. The first-order valence-corrected chi connectivity index (χ1v) is 20.3. The van der Waals surface area contributed by atoms with Gasteiger partial charge in [0, 0.05) is 27.0 Å². The van der Waals surface area contributed by atoms with Gasteiger partial charge in [-0.3, -0.25) is 9.11 Å². The zero-order valence-electron chi connectivity index (χ0n) is 29.5. The monoisotopic (exact) mass is 872 g/mol. The van der Waals surface area contributed by atoms with Gasteiger partial charge in [-0.05, 0) is 108 Å². The molecule has 0 unspecified atom stereocenters. The van der Waals surface area contributed by atoms with Crippen molar-refractivity contribution < 1.29 is 65.4 Å². The Bertz CT molecular complexity index is 2910. The molecular formula is C34H28N6O14S4. The number of aromatic hydroxyl groups is 2. The summed E-state index contributed by atoms with van der Waals surface area (Å²) >= 11 is 0.968.